The van der Waals surface area contributed by atoms with Crippen molar-refractivity contribution in [2.45, 2.75) is 26.2 Å². The maximum absolute atomic E-state index is 11.7. The molecule has 2 heterocycles. The molecule has 1 unspecified atom stereocenters. The maximum Gasteiger partial charge on any atom is 0.224 e. The summed E-state index contributed by atoms with van der Waals surface area (Å²) in [5.74, 6) is 1.14. The van der Waals surface area contributed by atoms with Crippen molar-refractivity contribution in [2.24, 2.45) is 5.92 Å². The van der Waals surface area contributed by atoms with E-state index in [9.17, 15) is 4.79 Å². The zero-order valence-electron chi connectivity index (χ0n) is 11.0. The Balaban J connectivity index is 2.10. The lowest BCUT2D eigenvalue weighted by atomic mass is 9.97. The number of aryl methyl sites for hydroxylation is 1. The van der Waals surface area contributed by atoms with E-state index in [0.717, 1.165) is 43.9 Å². The summed E-state index contributed by atoms with van der Waals surface area (Å²) in [6, 6.07) is 2.02. The molecule has 0 spiro atoms. The standard InChI is InChI=1S/C13H20N4O/c1-3-11-7-12(16-9-15-11)17-6-4-5-10(8-17)13(18)14-2/h7,9-10H,3-6,8H2,1-2H3,(H,14,18). The molecule has 1 fully saturated rings. The van der Waals surface area contributed by atoms with Crippen LogP contribution in [-0.4, -0.2) is 36.0 Å². The Bertz CT molecular complexity index is 421. The number of anilines is 1. The van der Waals surface area contributed by atoms with Crippen LogP contribution in [0.2, 0.25) is 0 Å². The second-order valence-corrected chi connectivity index (χ2v) is 4.62. The molecule has 1 aliphatic heterocycles. The lowest BCUT2D eigenvalue weighted by molar-refractivity contribution is -0.124. The van der Waals surface area contributed by atoms with Gasteiger partial charge in [-0.25, -0.2) is 9.97 Å². The predicted octanol–water partition coefficient (Wildman–Crippen LogP) is 1.00. The topological polar surface area (TPSA) is 58.1 Å². The summed E-state index contributed by atoms with van der Waals surface area (Å²) in [6.45, 7) is 3.79. The first-order chi connectivity index (χ1) is 8.74. The maximum atomic E-state index is 11.7. The van der Waals surface area contributed by atoms with Crippen molar-refractivity contribution in [1.82, 2.24) is 15.3 Å². The molecule has 1 N–H and O–H groups in total. The summed E-state index contributed by atoms with van der Waals surface area (Å²) in [5.41, 5.74) is 1.04. The van der Waals surface area contributed by atoms with Crippen molar-refractivity contribution < 1.29 is 4.79 Å². The quantitative estimate of drug-likeness (QED) is 0.867. The van der Waals surface area contributed by atoms with Crippen LogP contribution in [0, 0.1) is 5.92 Å². The highest BCUT2D eigenvalue weighted by Gasteiger charge is 2.25. The first-order valence-corrected chi connectivity index (χ1v) is 6.52. The summed E-state index contributed by atoms with van der Waals surface area (Å²) in [5, 5.41) is 2.73. The lowest BCUT2D eigenvalue weighted by Crippen LogP contribution is -2.42. The number of carbonyl (C=O) groups excluding carboxylic acids is 1. The third-order valence-electron chi connectivity index (χ3n) is 3.43. The molecule has 1 atom stereocenters. The van der Waals surface area contributed by atoms with Crippen molar-refractivity contribution in [3.8, 4) is 0 Å². The van der Waals surface area contributed by atoms with Gasteiger partial charge in [0.2, 0.25) is 5.91 Å². The highest BCUT2D eigenvalue weighted by Crippen LogP contribution is 2.21. The van der Waals surface area contributed by atoms with Gasteiger partial charge in [-0.3, -0.25) is 4.79 Å². The van der Waals surface area contributed by atoms with Crippen LogP contribution >= 0.6 is 0 Å². The number of hydrogen-bond donors (Lipinski definition) is 1. The number of carbonyl (C=O) groups is 1. The van der Waals surface area contributed by atoms with Crippen LogP contribution in [0.1, 0.15) is 25.5 Å². The van der Waals surface area contributed by atoms with Gasteiger partial charge in [-0.05, 0) is 19.3 Å². The van der Waals surface area contributed by atoms with Crippen molar-refractivity contribution in [1.29, 1.82) is 0 Å². The fourth-order valence-corrected chi connectivity index (χ4v) is 2.36. The molecule has 1 aliphatic rings. The number of nitrogens with one attached hydrogen (secondary N) is 1. The van der Waals surface area contributed by atoms with Crippen LogP contribution in [-0.2, 0) is 11.2 Å². The van der Waals surface area contributed by atoms with Gasteiger partial charge in [0.1, 0.15) is 12.1 Å². The molecule has 1 aromatic rings. The normalized spacial score (nSPS) is 19.7. The van der Waals surface area contributed by atoms with Gasteiger partial charge in [0, 0.05) is 31.9 Å². The van der Waals surface area contributed by atoms with Crippen LogP contribution in [0.3, 0.4) is 0 Å². The van der Waals surface area contributed by atoms with E-state index >= 15 is 0 Å². The molecule has 2 rings (SSSR count). The molecule has 1 aromatic heterocycles. The van der Waals surface area contributed by atoms with Gasteiger partial charge < -0.3 is 10.2 Å². The molecule has 5 heteroatoms. The highest BCUT2D eigenvalue weighted by molar-refractivity contribution is 5.79. The summed E-state index contributed by atoms with van der Waals surface area (Å²) < 4.78 is 0. The average Bonchev–Trinajstić information content (AvgIpc) is 2.46. The molecule has 18 heavy (non-hydrogen) atoms. The van der Waals surface area contributed by atoms with Gasteiger partial charge in [-0.15, -0.1) is 0 Å². The zero-order valence-corrected chi connectivity index (χ0v) is 11.0. The van der Waals surface area contributed by atoms with Gasteiger partial charge >= 0.3 is 0 Å². The molecule has 98 valence electrons. The second kappa shape index (κ2) is 5.80. The van der Waals surface area contributed by atoms with E-state index in [1.165, 1.54) is 0 Å². The first kappa shape index (κ1) is 12.8. The molecule has 1 saturated heterocycles. The monoisotopic (exact) mass is 248 g/mol. The third kappa shape index (κ3) is 2.78. The van der Waals surface area contributed by atoms with Crippen LogP contribution in [0.25, 0.3) is 0 Å². The molecule has 0 radical (unpaired) electrons. The van der Waals surface area contributed by atoms with Crippen LogP contribution in [0.4, 0.5) is 5.82 Å². The minimum absolute atomic E-state index is 0.0730. The van der Waals surface area contributed by atoms with E-state index in [0.29, 0.717) is 0 Å². The molecule has 5 nitrogen and oxygen atoms in total. The van der Waals surface area contributed by atoms with Gasteiger partial charge in [0.15, 0.2) is 0 Å². The number of aromatic nitrogens is 2. The molecular weight excluding hydrogens is 228 g/mol. The fraction of sp³-hybridized carbons (Fsp3) is 0.615. The van der Waals surface area contributed by atoms with Crippen LogP contribution < -0.4 is 10.2 Å². The van der Waals surface area contributed by atoms with E-state index in [1.54, 1.807) is 13.4 Å². The molecule has 0 bridgehead atoms. The van der Waals surface area contributed by atoms with Crippen molar-refractivity contribution in [2.75, 3.05) is 25.0 Å². The number of amides is 1. The third-order valence-corrected chi connectivity index (χ3v) is 3.43. The van der Waals surface area contributed by atoms with Gasteiger partial charge in [-0.2, -0.15) is 0 Å². The minimum atomic E-state index is 0.0730. The second-order valence-electron chi connectivity index (χ2n) is 4.62. The predicted molar refractivity (Wildman–Crippen MR) is 70.4 cm³/mol. The Morgan fingerprint density at radius 2 is 2.39 bits per heavy atom. The fourth-order valence-electron chi connectivity index (χ4n) is 2.36. The molecule has 1 amide bonds. The SMILES string of the molecule is CCc1cc(N2CCCC(C(=O)NC)C2)ncn1. The Morgan fingerprint density at radius 1 is 1.56 bits per heavy atom. The van der Waals surface area contributed by atoms with Crippen LogP contribution in [0.15, 0.2) is 12.4 Å². The summed E-state index contributed by atoms with van der Waals surface area (Å²) in [7, 11) is 1.70. The average molecular weight is 248 g/mol. The van der Waals surface area contributed by atoms with E-state index in [1.807, 2.05) is 6.07 Å². The first-order valence-electron chi connectivity index (χ1n) is 6.52. The van der Waals surface area contributed by atoms with Gasteiger partial charge in [0.25, 0.3) is 0 Å². The molecule has 0 aliphatic carbocycles. The Morgan fingerprint density at radius 3 is 3.11 bits per heavy atom. The molecule has 0 aromatic carbocycles. The summed E-state index contributed by atoms with van der Waals surface area (Å²) >= 11 is 0. The Labute approximate surface area is 108 Å². The zero-order chi connectivity index (χ0) is 13.0. The van der Waals surface area contributed by atoms with Crippen molar-refractivity contribution >= 4 is 11.7 Å². The van der Waals surface area contributed by atoms with Crippen LogP contribution in [0.5, 0.6) is 0 Å². The minimum Gasteiger partial charge on any atom is -0.359 e. The van der Waals surface area contributed by atoms with Gasteiger partial charge in [0.05, 0.1) is 5.92 Å². The van der Waals surface area contributed by atoms with Crippen molar-refractivity contribution in [3.05, 3.63) is 18.1 Å². The van der Waals surface area contributed by atoms with E-state index in [2.05, 4.69) is 27.1 Å². The largest absolute Gasteiger partial charge is 0.359 e. The smallest absolute Gasteiger partial charge is 0.224 e. The van der Waals surface area contributed by atoms with Gasteiger partial charge in [-0.1, -0.05) is 6.92 Å². The number of piperidine rings is 1. The molecule has 0 saturated carbocycles. The summed E-state index contributed by atoms with van der Waals surface area (Å²) in [6.07, 6.45) is 4.51. The van der Waals surface area contributed by atoms with E-state index in [-0.39, 0.29) is 11.8 Å². The van der Waals surface area contributed by atoms with E-state index < -0.39 is 0 Å². The van der Waals surface area contributed by atoms with E-state index in [4.69, 9.17) is 0 Å². The van der Waals surface area contributed by atoms with Crippen molar-refractivity contribution in [3.63, 3.8) is 0 Å². The summed E-state index contributed by atoms with van der Waals surface area (Å²) in [4.78, 5) is 22.4. The Kier molecular flexibility index (Phi) is 4.12. The highest BCUT2D eigenvalue weighted by atomic mass is 16.1. The Hall–Kier alpha value is -1.65. The lowest BCUT2D eigenvalue weighted by Gasteiger charge is -2.32. The number of hydrogen-bond acceptors (Lipinski definition) is 4. The molecular formula is C13H20N4O. The number of rotatable bonds is 3. The number of nitrogens with zero attached hydrogens (tertiary/aromatic N) is 3.